The number of nitrogens with zero attached hydrogens (tertiary/aromatic N) is 3. The van der Waals surface area contributed by atoms with Crippen molar-refractivity contribution in [2.24, 2.45) is 0 Å². The maximum atomic E-state index is 6.52. The van der Waals surface area contributed by atoms with Gasteiger partial charge in [-0.1, -0.05) is 25.4 Å². The smallest absolute Gasteiger partial charge is 0.135 e. The number of hydrogen-bond acceptors (Lipinski definition) is 4. The van der Waals surface area contributed by atoms with Crippen LogP contribution in [0, 0.1) is 6.92 Å². The first-order valence-electron chi connectivity index (χ1n) is 9.23. The molecule has 3 aromatic rings. The van der Waals surface area contributed by atoms with Crippen molar-refractivity contribution in [2.45, 2.75) is 39.7 Å². The van der Waals surface area contributed by atoms with Gasteiger partial charge in [-0.25, -0.2) is 9.97 Å². The highest BCUT2D eigenvalue weighted by molar-refractivity contribution is 6.35. The standard InChI is InChI=1S/C21H27ClN4O/c1-12(2)17-8-7-15(21(23-5)24-17)19-13(3)9-18-20(25-19)16(22)10-26(18)14(4)11-27-6/h7-10,12,14H,11H2,1-6H3,(H,23,24). The highest BCUT2D eigenvalue weighted by atomic mass is 35.5. The first kappa shape index (κ1) is 19.6. The molecule has 0 fully saturated rings. The number of nitrogens with one attached hydrogen (secondary N) is 1. The molecule has 5 nitrogen and oxygen atoms in total. The van der Waals surface area contributed by atoms with E-state index in [4.69, 9.17) is 26.3 Å². The van der Waals surface area contributed by atoms with Gasteiger partial charge in [0.2, 0.25) is 0 Å². The van der Waals surface area contributed by atoms with E-state index in [1.165, 1.54) is 0 Å². The van der Waals surface area contributed by atoms with Gasteiger partial charge in [0, 0.05) is 31.6 Å². The summed E-state index contributed by atoms with van der Waals surface area (Å²) >= 11 is 6.52. The number of aromatic nitrogens is 3. The molecule has 1 atom stereocenters. The molecule has 0 saturated heterocycles. The molecule has 0 radical (unpaired) electrons. The molecule has 0 aliphatic rings. The molecule has 3 rings (SSSR count). The summed E-state index contributed by atoms with van der Waals surface area (Å²) in [7, 11) is 3.60. The van der Waals surface area contributed by atoms with Crippen LogP contribution < -0.4 is 5.32 Å². The van der Waals surface area contributed by atoms with Crippen molar-refractivity contribution in [2.75, 3.05) is 26.1 Å². The van der Waals surface area contributed by atoms with Gasteiger partial charge in [0.05, 0.1) is 28.9 Å². The molecule has 3 aromatic heterocycles. The lowest BCUT2D eigenvalue weighted by Gasteiger charge is -2.16. The Hall–Kier alpha value is -2.11. The van der Waals surface area contributed by atoms with Gasteiger partial charge in [0.1, 0.15) is 11.3 Å². The van der Waals surface area contributed by atoms with Crippen molar-refractivity contribution in [1.29, 1.82) is 0 Å². The van der Waals surface area contributed by atoms with Crippen molar-refractivity contribution in [3.63, 3.8) is 0 Å². The minimum absolute atomic E-state index is 0.178. The lowest BCUT2D eigenvalue weighted by Crippen LogP contribution is -2.10. The summed E-state index contributed by atoms with van der Waals surface area (Å²) in [4.78, 5) is 9.68. The number of fused-ring (bicyclic) bond motifs is 1. The molecule has 0 amide bonds. The zero-order chi connectivity index (χ0) is 19.7. The van der Waals surface area contributed by atoms with Gasteiger partial charge in [0.15, 0.2) is 0 Å². The summed E-state index contributed by atoms with van der Waals surface area (Å²) in [6, 6.07) is 6.48. The molecule has 1 N–H and O–H groups in total. The van der Waals surface area contributed by atoms with E-state index in [1.54, 1.807) is 7.11 Å². The summed E-state index contributed by atoms with van der Waals surface area (Å²) in [5, 5.41) is 3.86. The van der Waals surface area contributed by atoms with Crippen LogP contribution in [0.1, 0.15) is 44.0 Å². The maximum Gasteiger partial charge on any atom is 0.135 e. The Morgan fingerprint density at radius 2 is 1.96 bits per heavy atom. The Morgan fingerprint density at radius 3 is 2.59 bits per heavy atom. The molecular weight excluding hydrogens is 360 g/mol. The molecule has 0 saturated carbocycles. The topological polar surface area (TPSA) is 52.0 Å². The lowest BCUT2D eigenvalue weighted by molar-refractivity contribution is 0.164. The number of anilines is 1. The van der Waals surface area contributed by atoms with Gasteiger partial charge in [-0.3, -0.25) is 0 Å². The average Bonchev–Trinajstić information content (AvgIpc) is 2.96. The third kappa shape index (κ3) is 3.66. The summed E-state index contributed by atoms with van der Waals surface area (Å²) in [5.74, 6) is 1.20. The third-order valence-corrected chi connectivity index (χ3v) is 5.11. The second-order valence-electron chi connectivity index (χ2n) is 7.25. The molecule has 0 aromatic carbocycles. The third-order valence-electron chi connectivity index (χ3n) is 4.83. The Balaban J connectivity index is 2.17. The summed E-state index contributed by atoms with van der Waals surface area (Å²) < 4.78 is 7.43. The molecule has 144 valence electrons. The Bertz CT molecular complexity index is 964. The lowest BCUT2D eigenvalue weighted by atomic mass is 10.0. The molecule has 1 unspecified atom stereocenters. The van der Waals surface area contributed by atoms with Gasteiger partial charge in [-0.05, 0) is 43.5 Å². The van der Waals surface area contributed by atoms with Crippen LogP contribution in [0.25, 0.3) is 22.3 Å². The van der Waals surface area contributed by atoms with E-state index in [-0.39, 0.29) is 6.04 Å². The molecular formula is C21H27ClN4O. The fraction of sp³-hybridized carbons (Fsp3) is 0.429. The summed E-state index contributed by atoms with van der Waals surface area (Å²) in [6.45, 7) is 9.08. The molecule has 0 spiro atoms. The van der Waals surface area contributed by atoms with Crippen LogP contribution in [0.5, 0.6) is 0 Å². The van der Waals surface area contributed by atoms with E-state index >= 15 is 0 Å². The number of pyridine rings is 2. The minimum Gasteiger partial charge on any atom is -0.383 e. The summed E-state index contributed by atoms with van der Waals surface area (Å²) in [5.41, 5.74) is 5.83. The number of hydrogen-bond donors (Lipinski definition) is 1. The zero-order valence-corrected chi connectivity index (χ0v) is 17.6. The van der Waals surface area contributed by atoms with Crippen molar-refractivity contribution < 1.29 is 4.74 Å². The number of rotatable bonds is 6. The normalized spacial score (nSPS) is 12.7. The molecule has 27 heavy (non-hydrogen) atoms. The quantitative estimate of drug-likeness (QED) is 0.613. The number of ether oxygens (including phenoxy) is 1. The summed E-state index contributed by atoms with van der Waals surface area (Å²) in [6.07, 6.45) is 1.94. The van der Waals surface area contributed by atoms with Crippen LogP contribution in [0.3, 0.4) is 0 Å². The van der Waals surface area contributed by atoms with Crippen molar-refractivity contribution >= 4 is 28.5 Å². The second-order valence-corrected chi connectivity index (χ2v) is 7.65. The van der Waals surface area contributed by atoms with Crippen LogP contribution in [0.15, 0.2) is 24.4 Å². The van der Waals surface area contributed by atoms with E-state index in [0.717, 1.165) is 39.4 Å². The van der Waals surface area contributed by atoms with Gasteiger partial charge in [-0.2, -0.15) is 0 Å². The SMILES string of the molecule is CNc1nc(C(C)C)ccc1-c1nc2c(Cl)cn(C(C)COC)c2cc1C. The minimum atomic E-state index is 0.178. The predicted octanol–water partition coefficient (Wildman–Crippen LogP) is 5.43. The van der Waals surface area contributed by atoms with Gasteiger partial charge in [-0.15, -0.1) is 0 Å². The second kappa shape index (κ2) is 7.87. The zero-order valence-electron chi connectivity index (χ0n) is 16.8. The van der Waals surface area contributed by atoms with Crippen LogP contribution in [-0.4, -0.2) is 35.3 Å². The Morgan fingerprint density at radius 1 is 1.22 bits per heavy atom. The van der Waals surface area contributed by atoms with Gasteiger partial charge < -0.3 is 14.6 Å². The molecule has 0 aliphatic heterocycles. The maximum absolute atomic E-state index is 6.52. The van der Waals surface area contributed by atoms with E-state index in [1.807, 2.05) is 13.2 Å². The first-order valence-corrected chi connectivity index (χ1v) is 9.60. The monoisotopic (exact) mass is 386 g/mol. The molecule has 6 heteroatoms. The average molecular weight is 387 g/mol. The van der Waals surface area contributed by atoms with Crippen molar-refractivity contribution in [3.05, 3.63) is 40.7 Å². The van der Waals surface area contributed by atoms with Crippen LogP contribution in [0.2, 0.25) is 5.02 Å². The fourth-order valence-electron chi connectivity index (χ4n) is 3.36. The highest BCUT2D eigenvalue weighted by Crippen LogP contribution is 2.34. The largest absolute Gasteiger partial charge is 0.383 e. The van der Waals surface area contributed by atoms with Crippen LogP contribution >= 0.6 is 11.6 Å². The number of aryl methyl sites for hydroxylation is 1. The fourth-order valence-corrected chi connectivity index (χ4v) is 3.60. The first-order chi connectivity index (χ1) is 12.9. The van der Waals surface area contributed by atoms with E-state index in [0.29, 0.717) is 17.5 Å². The molecule has 0 aliphatic carbocycles. The molecule has 3 heterocycles. The van der Waals surface area contributed by atoms with E-state index in [9.17, 15) is 0 Å². The van der Waals surface area contributed by atoms with Crippen molar-refractivity contribution in [3.8, 4) is 11.3 Å². The van der Waals surface area contributed by atoms with Crippen LogP contribution in [-0.2, 0) is 4.74 Å². The molecule has 0 bridgehead atoms. The van der Waals surface area contributed by atoms with Gasteiger partial charge in [0.25, 0.3) is 0 Å². The van der Waals surface area contributed by atoms with Crippen LogP contribution in [0.4, 0.5) is 5.82 Å². The van der Waals surface area contributed by atoms with Crippen molar-refractivity contribution in [1.82, 2.24) is 14.5 Å². The Labute approximate surface area is 165 Å². The number of methoxy groups -OCH3 is 1. The Kier molecular flexibility index (Phi) is 5.72. The van der Waals surface area contributed by atoms with Gasteiger partial charge >= 0.3 is 0 Å². The van der Waals surface area contributed by atoms with E-state index in [2.05, 4.69) is 55.8 Å². The highest BCUT2D eigenvalue weighted by Gasteiger charge is 2.18. The predicted molar refractivity (Wildman–Crippen MR) is 113 cm³/mol. The number of halogens is 1. The van der Waals surface area contributed by atoms with E-state index < -0.39 is 0 Å².